The summed E-state index contributed by atoms with van der Waals surface area (Å²) in [5.74, 6) is -0.908. The summed E-state index contributed by atoms with van der Waals surface area (Å²) < 4.78 is 5.22. The van der Waals surface area contributed by atoms with E-state index in [1.165, 1.54) is 6.92 Å². The minimum absolute atomic E-state index is 0.0637. The van der Waals surface area contributed by atoms with Crippen molar-refractivity contribution in [3.63, 3.8) is 0 Å². The van der Waals surface area contributed by atoms with E-state index in [0.29, 0.717) is 11.3 Å². The summed E-state index contributed by atoms with van der Waals surface area (Å²) in [5.41, 5.74) is 0.454. The van der Waals surface area contributed by atoms with Gasteiger partial charge in [-0.2, -0.15) is 0 Å². The topological polar surface area (TPSA) is 83.3 Å². The first-order chi connectivity index (χ1) is 7.00. The first-order valence-electron chi connectivity index (χ1n) is 4.37. The summed E-state index contributed by atoms with van der Waals surface area (Å²) in [6.45, 7) is 3.23. The van der Waals surface area contributed by atoms with Crippen molar-refractivity contribution in [2.75, 3.05) is 0 Å². The average Bonchev–Trinajstić information content (AvgIpc) is 2.40. The number of furan rings is 1. The Morgan fingerprint density at radius 1 is 1.47 bits per heavy atom. The van der Waals surface area contributed by atoms with Crippen molar-refractivity contribution in [3.05, 3.63) is 33.4 Å². The highest BCUT2D eigenvalue weighted by Crippen LogP contribution is 2.22. The number of aryl methyl sites for hydroxylation is 2. The highest BCUT2D eigenvalue weighted by atomic mass is 16.4. The predicted octanol–water partition coefficient (Wildman–Crippen LogP) is 1.44. The second-order valence-electron chi connectivity index (χ2n) is 3.36. The third kappa shape index (κ3) is 1.32. The van der Waals surface area contributed by atoms with Crippen LogP contribution in [0.5, 0.6) is 0 Å². The van der Waals surface area contributed by atoms with Gasteiger partial charge in [-0.05, 0) is 13.8 Å². The van der Waals surface area contributed by atoms with Gasteiger partial charge >= 0.3 is 5.97 Å². The Morgan fingerprint density at radius 3 is 2.73 bits per heavy atom. The van der Waals surface area contributed by atoms with Crippen LogP contribution in [0, 0.1) is 13.8 Å². The second kappa shape index (κ2) is 2.98. The largest absolute Gasteiger partial charge is 0.478 e. The van der Waals surface area contributed by atoms with Crippen LogP contribution in [0.2, 0.25) is 0 Å². The Hall–Kier alpha value is -2.04. The maximum atomic E-state index is 11.6. The molecule has 15 heavy (non-hydrogen) atoms. The highest BCUT2D eigenvalue weighted by Gasteiger charge is 2.20. The summed E-state index contributed by atoms with van der Waals surface area (Å²) >= 11 is 0. The maximum absolute atomic E-state index is 11.6. The van der Waals surface area contributed by atoms with E-state index in [9.17, 15) is 9.59 Å². The summed E-state index contributed by atoms with van der Waals surface area (Å²) in [6.07, 6.45) is 0. The van der Waals surface area contributed by atoms with E-state index in [0.717, 1.165) is 0 Å². The van der Waals surface area contributed by atoms with Crippen molar-refractivity contribution in [1.82, 2.24) is 4.98 Å². The number of carbonyl (C=O) groups is 1. The van der Waals surface area contributed by atoms with Gasteiger partial charge < -0.3 is 14.5 Å². The molecule has 0 unspecified atom stereocenters. The van der Waals surface area contributed by atoms with Crippen molar-refractivity contribution >= 4 is 16.9 Å². The van der Waals surface area contributed by atoms with Crippen LogP contribution < -0.4 is 5.56 Å². The molecule has 0 atom stereocenters. The molecule has 0 aliphatic heterocycles. The van der Waals surface area contributed by atoms with Crippen LogP contribution in [0.3, 0.4) is 0 Å². The van der Waals surface area contributed by atoms with Gasteiger partial charge in [0.1, 0.15) is 22.3 Å². The minimum atomic E-state index is -1.15. The van der Waals surface area contributed by atoms with E-state index in [1.54, 1.807) is 13.0 Å². The zero-order valence-corrected chi connectivity index (χ0v) is 8.25. The smallest absolute Gasteiger partial charge is 0.340 e. The number of fused-ring (bicyclic) bond motifs is 1. The van der Waals surface area contributed by atoms with Crippen LogP contribution in [0.4, 0.5) is 0 Å². The Balaban J connectivity index is 3.00. The van der Waals surface area contributed by atoms with Crippen molar-refractivity contribution in [3.8, 4) is 0 Å². The van der Waals surface area contributed by atoms with Gasteiger partial charge in [0.25, 0.3) is 5.56 Å². The minimum Gasteiger partial charge on any atom is -0.478 e. The number of hydrogen-bond donors (Lipinski definition) is 2. The van der Waals surface area contributed by atoms with Gasteiger partial charge in [0.2, 0.25) is 0 Å². The number of aromatic nitrogens is 1. The quantitative estimate of drug-likeness (QED) is 0.741. The number of rotatable bonds is 1. The van der Waals surface area contributed by atoms with Crippen LogP contribution in [0.1, 0.15) is 21.8 Å². The highest BCUT2D eigenvalue weighted by molar-refractivity contribution is 6.03. The fraction of sp³-hybridized carbons (Fsp3) is 0.200. The number of aromatic amines is 1. The molecule has 2 N–H and O–H groups in total. The van der Waals surface area contributed by atoms with E-state index in [4.69, 9.17) is 9.52 Å². The molecule has 0 fully saturated rings. The van der Waals surface area contributed by atoms with Gasteiger partial charge in [-0.25, -0.2) is 4.79 Å². The first kappa shape index (κ1) is 9.51. The fourth-order valence-corrected chi connectivity index (χ4v) is 1.63. The monoisotopic (exact) mass is 207 g/mol. The van der Waals surface area contributed by atoms with Gasteiger partial charge in [-0.15, -0.1) is 0 Å². The number of hydrogen-bond acceptors (Lipinski definition) is 3. The standard InChI is InChI=1S/C10H9NO4/c1-4-3-6-8(9(12)11-4)7(10(13)14)5(2)15-6/h3H,1-2H3,(H,11,12)(H,13,14). The van der Waals surface area contributed by atoms with Crippen LogP contribution in [-0.2, 0) is 0 Å². The van der Waals surface area contributed by atoms with Crippen LogP contribution in [0.25, 0.3) is 11.0 Å². The number of carboxylic acids is 1. The van der Waals surface area contributed by atoms with Gasteiger partial charge in [0.15, 0.2) is 0 Å². The van der Waals surface area contributed by atoms with E-state index in [1.807, 2.05) is 0 Å². The summed E-state index contributed by atoms with van der Waals surface area (Å²) in [7, 11) is 0. The molecule has 0 radical (unpaired) electrons. The molecule has 5 nitrogen and oxygen atoms in total. The molecular weight excluding hydrogens is 198 g/mol. The lowest BCUT2D eigenvalue weighted by Crippen LogP contribution is -2.10. The molecule has 2 heterocycles. The number of H-pyrrole nitrogens is 1. The van der Waals surface area contributed by atoms with Gasteiger partial charge in [0.05, 0.1) is 0 Å². The first-order valence-corrected chi connectivity index (χ1v) is 4.37. The molecular formula is C10H9NO4. The van der Waals surface area contributed by atoms with Gasteiger partial charge in [-0.1, -0.05) is 0 Å². The van der Waals surface area contributed by atoms with Crippen molar-refractivity contribution in [2.45, 2.75) is 13.8 Å². The summed E-state index contributed by atoms with van der Waals surface area (Å²) in [4.78, 5) is 25.0. The molecule has 0 bridgehead atoms. The third-order valence-corrected chi connectivity index (χ3v) is 2.21. The molecule has 0 amide bonds. The lowest BCUT2D eigenvalue weighted by molar-refractivity contribution is 0.0697. The van der Waals surface area contributed by atoms with Crippen LogP contribution >= 0.6 is 0 Å². The van der Waals surface area contributed by atoms with E-state index >= 15 is 0 Å². The Kier molecular flexibility index (Phi) is 1.89. The second-order valence-corrected chi connectivity index (χ2v) is 3.36. The van der Waals surface area contributed by atoms with Crippen molar-refractivity contribution in [2.24, 2.45) is 0 Å². The van der Waals surface area contributed by atoms with Crippen molar-refractivity contribution < 1.29 is 14.3 Å². The normalized spacial score (nSPS) is 10.8. The number of aromatic carboxylic acids is 1. The average molecular weight is 207 g/mol. The maximum Gasteiger partial charge on any atom is 0.340 e. The van der Waals surface area contributed by atoms with Crippen LogP contribution in [0.15, 0.2) is 15.3 Å². The zero-order valence-electron chi connectivity index (χ0n) is 8.25. The molecule has 0 aliphatic rings. The van der Waals surface area contributed by atoms with E-state index < -0.39 is 11.5 Å². The fourth-order valence-electron chi connectivity index (χ4n) is 1.63. The molecule has 2 aromatic heterocycles. The molecule has 78 valence electrons. The van der Waals surface area contributed by atoms with Crippen molar-refractivity contribution in [1.29, 1.82) is 0 Å². The lowest BCUT2D eigenvalue weighted by Gasteiger charge is -1.92. The van der Waals surface area contributed by atoms with Gasteiger partial charge in [-0.3, -0.25) is 4.79 Å². The zero-order chi connectivity index (χ0) is 11.2. The number of carboxylic acid groups (broad SMARTS) is 1. The van der Waals surface area contributed by atoms with Crippen LogP contribution in [-0.4, -0.2) is 16.1 Å². The Labute approximate surface area is 84.3 Å². The summed E-state index contributed by atoms with van der Waals surface area (Å²) in [6, 6.07) is 1.61. The molecule has 0 spiro atoms. The molecule has 2 rings (SSSR count). The van der Waals surface area contributed by atoms with E-state index in [2.05, 4.69) is 4.98 Å². The summed E-state index contributed by atoms with van der Waals surface area (Å²) in [5, 5.41) is 9.04. The lowest BCUT2D eigenvalue weighted by atomic mass is 10.1. The third-order valence-electron chi connectivity index (χ3n) is 2.21. The molecule has 0 saturated carbocycles. The Bertz CT molecular complexity index is 606. The SMILES string of the molecule is Cc1cc2oc(C)c(C(=O)O)c2c(=O)[nH]1. The number of pyridine rings is 1. The molecule has 0 aromatic carbocycles. The molecule has 5 heteroatoms. The molecule has 0 aliphatic carbocycles. The predicted molar refractivity (Wildman–Crippen MR) is 53.3 cm³/mol. The van der Waals surface area contributed by atoms with Gasteiger partial charge in [0, 0.05) is 11.8 Å². The van der Waals surface area contributed by atoms with E-state index in [-0.39, 0.29) is 16.7 Å². The number of nitrogens with one attached hydrogen (secondary N) is 1. The molecule has 0 saturated heterocycles. The Morgan fingerprint density at radius 2 is 2.13 bits per heavy atom. The molecule has 2 aromatic rings.